The first-order valence-corrected chi connectivity index (χ1v) is 6.89. The fourth-order valence-electron chi connectivity index (χ4n) is 1.60. The van der Waals surface area contributed by atoms with E-state index in [1.54, 1.807) is 23.7 Å². The first-order valence-electron chi connectivity index (χ1n) is 5.54. The van der Waals surface area contributed by atoms with E-state index in [2.05, 4.69) is 39.0 Å². The normalized spacial score (nSPS) is 12.1. The third kappa shape index (κ3) is 3.48. The lowest BCUT2D eigenvalue weighted by Crippen LogP contribution is -2.19. The van der Waals surface area contributed by atoms with Crippen LogP contribution >= 0.6 is 23.6 Å². The number of thiocarbonyl (C=S) groups is 1. The molecule has 3 N–H and O–H groups in total. The Balaban J connectivity index is 1.94. The predicted molar refractivity (Wildman–Crippen MR) is 79.0 cm³/mol. The summed E-state index contributed by atoms with van der Waals surface area (Å²) in [4.78, 5) is 8.63. The first kappa shape index (κ1) is 12.9. The van der Waals surface area contributed by atoms with Crippen LogP contribution in [0.4, 0.5) is 5.82 Å². The minimum atomic E-state index is 0.264. The highest BCUT2D eigenvalue weighted by Crippen LogP contribution is 2.11. The average molecular weight is 278 g/mol. The van der Waals surface area contributed by atoms with E-state index in [1.165, 1.54) is 5.56 Å². The molecule has 18 heavy (non-hydrogen) atoms. The van der Waals surface area contributed by atoms with Crippen molar-refractivity contribution in [3.05, 3.63) is 40.5 Å². The van der Waals surface area contributed by atoms with E-state index < -0.39 is 0 Å². The Bertz CT molecular complexity index is 507. The largest absolute Gasteiger partial charge is 0.388 e. The van der Waals surface area contributed by atoms with Gasteiger partial charge in [0.05, 0.1) is 12.4 Å². The van der Waals surface area contributed by atoms with Crippen molar-refractivity contribution >= 4 is 34.4 Å². The Morgan fingerprint density at radius 2 is 2.33 bits per heavy atom. The summed E-state index contributed by atoms with van der Waals surface area (Å²) in [7, 11) is 0. The summed E-state index contributed by atoms with van der Waals surface area (Å²) in [5.74, 6) is 0.734. The van der Waals surface area contributed by atoms with Gasteiger partial charge in [-0.25, -0.2) is 9.97 Å². The number of thiophene rings is 1. The molecule has 4 nitrogen and oxygen atoms in total. The zero-order valence-corrected chi connectivity index (χ0v) is 11.6. The Morgan fingerprint density at radius 1 is 1.50 bits per heavy atom. The maximum atomic E-state index is 5.47. The van der Waals surface area contributed by atoms with Crippen LogP contribution in [0.2, 0.25) is 0 Å². The van der Waals surface area contributed by atoms with Crippen LogP contribution in [0.15, 0.2) is 29.2 Å². The molecule has 0 amide bonds. The number of aromatic nitrogens is 2. The molecule has 2 rings (SSSR count). The number of hydrogen-bond acceptors (Lipinski definition) is 5. The zero-order chi connectivity index (χ0) is 13.0. The predicted octanol–water partition coefficient (Wildman–Crippen LogP) is 2.22. The van der Waals surface area contributed by atoms with E-state index in [1.807, 2.05) is 0 Å². The van der Waals surface area contributed by atoms with Crippen molar-refractivity contribution in [2.75, 3.05) is 5.32 Å². The van der Waals surface area contributed by atoms with Crippen LogP contribution in [-0.4, -0.2) is 21.0 Å². The first-order chi connectivity index (χ1) is 8.65. The summed E-state index contributed by atoms with van der Waals surface area (Å²) >= 11 is 6.54. The number of hydrogen-bond donors (Lipinski definition) is 2. The van der Waals surface area contributed by atoms with Crippen LogP contribution in [0.25, 0.3) is 0 Å². The van der Waals surface area contributed by atoms with Gasteiger partial charge in [-0.15, -0.1) is 0 Å². The van der Waals surface area contributed by atoms with Gasteiger partial charge in [0.2, 0.25) is 0 Å². The molecule has 2 heterocycles. The van der Waals surface area contributed by atoms with Crippen LogP contribution in [-0.2, 0) is 6.42 Å². The summed E-state index contributed by atoms with van der Waals surface area (Å²) in [6.07, 6.45) is 4.20. The number of nitrogens with one attached hydrogen (secondary N) is 1. The summed E-state index contributed by atoms with van der Waals surface area (Å²) < 4.78 is 0. The number of nitrogens with zero attached hydrogens (tertiary/aromatic N) is 2. The Morgan fingerprint density at radius 3 is 2.89 bits per heavy atom. The molecule has 6 heteroatoms. The highest BCUT2D eigenvalue weighted by Gasteiger charge is 2.06. The lowest BCUT2D eigenvalue weighted by atomic mass is 10.1. The molecular formula is C12H14N4S2. The smallest absolute Gasteiger partial charge is 0.144 e. The van der Waals surface area contributed by atoms with Gasteiger partial charge in [-0.3, -0.25) is 0 Å². The van der Waals surface area contributed by atoms with E-state index >= 15 is 0 Å². The van der Waals surface area contributed by atoms with Gasteiger partial charge in [0.1, 0.15) is 16.5 Å². The second-order valence-corrected chi connectivity index (χ2v) is 5.25. The SMILES string of the molecule is CC(Cc1ccsc1)Nc1cnc(C(N)=S)cn1. The van der Waals surface area contributed by atoms with E-state index in [-0.39, 0.29) is 4.99 Å². The molecule has 1 atom stereocenters. The highest BCUT2D eigenvalue weighted by atomic mass is 32.1. The van der Waals surface area contributed by atoms with E-state index in [0.717, 1.165) is 12.2 Å². The van der Waals surface area contributed by atoms with Crippen molar-refractivity contribution in [2.24, 2.45) is 5.73 Å². The minimum absolute atomic E-state index is 0.264. The lowest BCUT2D eigenvalue weighted by molar-refractivity contribution is 0.785. The van der Waals surface area contributed by atoms with Gasteiger partial charge in [-0.2, -0.15) is 11.3 Å². The molecule has 0 aliphatic rings. The molecule has 0 aliphatic heterocycles. The van der Waals surface area contributed by atoms with Crippen LogP contribution in [0.1, 0.15) is 18.2 Å². The van der Waals surface area contributed by atoms with E-state index in [0.29, 0.717) is 11.7 Å². The van der Waals surface area contributed by atoms with Gasteiger partial charge in [-0.05, 0) is 35.7 Å². The molecule has 0 aliphatic carbocycles. The van der Waals surface area contributed by atoms with Crippen molar-refractivity contribution < 1.29 is 0 Å². The third-order valence-electron chi connectivity index (χ3n) is 2.42. The second-order valence-electron chi connectivity index (χ2n) is 4.03. The number of rotatable bonds is 5. The van der Waals surface area contributed by atoms with Crippen LogP contribution in [0.5, 0.6) is 0 Å². The quantitative estimate of drug-likeness (QED) is 0.821. The maximum Gasteiger partial charge on any atom is 0.144 e. The summed E-state index contributed by atoms with van der Waals surface area (Å²) in [6, 6.07) is 2.43. The molecule has 94 valence electrons. The van der Waals surface area contributed by atoms with Crippen LogP contribution in [0.3, 0.4) is 0 Å². The summed E-state index contributed by atoms with van der Waals surface area (Å²) in [5.41, 5.74) is 7.33. The van der Waals surface area contributed by atoms with Crippen molar-refractivity contribution in [1.29, 1.82) is 0 Å². The molecule has 0 radical (unpaired) electrons. The Kier molecular flexibility index (Phi) is 4.22. The summed E-state index contributed by atoms with van der Waals surface area (Å²) in [5, 5.41) is 7.53. The van der Waals surface area contributed by atoms with Gasteiger partial charge in [0, 0.05) is 6.04 Å². The third-order valence-corrected chi connectivity index (χ3v) is 3.36. The monoisotopic (exact) mass is 278 g/mol. The summed E-state index contributed by atoms with van der Waals surface area (Å²) in [6.45, 7) is 2.11. The van der Waals surface area contributed by atoms with E-state index in [4.69, 9.17) is 18.0 Å². The molecular weight excluding hydrogens is 264 g/mol. The lowest BCUT2D eigenvalue weighted by Gasteiger charge is -2.13. The molecule has 0 spiro atoms. The van der Waals surface area contributed by atoms with Crippen molar-refractivity contribution in [3.63, 3.8) is 0 Å². The van der Waals surface area contributed by atoms with Gasteiger partial charge < -0.3 is 11.1 Å². The maximum absolute atomic E-state index is 5.47. The Labute approximate surface area is 115 Å². The Hall–Kier alpha value is -1.53. The fraction of sp³-hybridized carbons (Fsp3) is 0.250. The zero-order valence-electron chi connectivity index (χ0n) is 9.96. The van der Waals surface area contributed by atoms with Crippen LogP contribution in [0, 0.1) is 0 Å². The minimum Gasteiger partial charge on any atom is -0.388 e. The second kappa shape index (κ2) is 5.88. The number of anilines is 1. The van der Waals surface area contributed by atoms with Crippen molar-refractivity contribution in [1.82, 2.24) is 9.97 Å². The molecule has 0 bridgehead atoms. The molecule has 2 aromatic rings. The molecule has 0 aromatic carbocycles. The fourth-order valence-corrected chi connectivity index (χ4v) is 2.38. The van der Waals surface area contributed by atoms with Gasteiger partial charge in [-0.1, -0.05) is 12.2 Å². The number of nitrogens with two attached hydrogens (primary N) is 1. The molecule has 1 unspecified atom stereocenters. The highest BCUT2D eigenvalue weighted by molar-refractivity contribution is 7.80. The van der Waals surface area contributed by atoms with Gasteiger partial charge in [0.25, 0.3) is 0 Å². The molecule has 0 saturated carbocycles. The standard InChI is InChI=1S/C12H14N4S2/c1-8(4-9-2-3-18-7-9)16-11-6-14-10(5-15-11)12(13)17/h2-3,5-8H,4H2,1H3,(H2,13,17)(H,15,16). The van der Waals surface area contributed by atoms with Crippen molar-refractivity contribution in [2.45, 2.75) is 19.4 Å². The molecule has 0 fully saturated rings. The van der Waals surface area contributed by atoms with Crippen LogP contribution < -0.4 is 11.1 Å². The van der Waals surface area contributed by atoms with Crippen molar-refractivity contribution in [3.8, 4) is 0 Å². The average Bonchev–Trinajstić information content (AvgIpc) is 2.82. The van der Waals surface area contributed by atoms with E-state index in [9.17, 15) is 0 Å². The molecule has 2 aromatic heterocycles. The van der Waals surface area contributed by atoms with Gasteiger partial charge >= 0.3 is 0 Å². The molecule has 0 saturated heterocycles. The topological polar surface area (TPSA) is 63.8 Å². The van der Waals surface area contributed by atoms with Gasteiger partial charge in [0.15, 0.2) is 0 Å².